The quantitative estimate of drug-likeness (QED) is 0.297. The summed E-state index contributed by atoms with van der Waals surface area (Å²) in [5.74, 6) is -7.45. The predicted octanol–water partition coefficient (Wildman–Crippen LogP) is 4.08. The van der Waals surface area contributed by atoms with Crippen LogP contribution in [0.15, 0.2) is 60.7 Å². The second-order valence-electron chi connectivity index (χ2n) is 8.77. The minimum Gasteiger partial charge on any atom is -0.490 e. The Kier molecular flexibility index (Phi) is 9.15. The number of esters is 3. The molecule has 2 aromatic carbocycles. The van der Waals surface area contributed by atoms with Crippen LogP contribution in [0.1, 0.15) is 48.4 Å². The zero-order chi connectivity index (χ0) is 28.7. The van der Waals surface area contributed by atoms with Gasteiger partial charge < -0.3 is 29.2 Å². The van der Waals surface area contributed by atoms with E-state index in [1.54, 1.807) is 64.1 Å². The van der Waals surface area contributed by atoms with Gasteiger partial charge in [-0.3, -0.25) is 9.63 Å². The standard InChI is InChI=1S/C27H27NO11/c1-15(2)23(31)37-26(16(3)4)38-27(34)39-28-21(29)19(35-24(32)17-11-7-5-8-12-17)20(22(28)30)36-25(33)18-13-9-6-10-14-18/h5-16,26,29-30H,1-4H3/t26-/m0/s1. The SMILES string of the molecule is CC(C)C(=O)O[C@@H](OC(=O)On1c(O)c(OC(=O)c2ccccc2)c(OC(=O)c2ccccc2)c1O)C(C)C. The molecule has 1 aromatic heterocycles. The number of nitrogens with zero attached hydrogens (tertiary/aromatic N) is 1. The third-order valence-electron chi connectivity index (χ3n) is 5.03. The van der Waals surface area contributed by atoms with E-state index >= 15 is 0 Å². The summed E-state index contributed by atoms with van der Waals surface area (Å²) in [6.07, 6.45) is -2.87. The molecule has 12 nitrogen and oxygen atoms in total. The fraction of sp³-hybridized carbons (Fsp3) is 0.259. The van der Waals surface area contributed by atoms with Crippen molar-refractivity contribution in [2.24, 2.45) is 11.8 Å². The molecule has 0 unspecified atom stereocenters. The first-order chi connectivity index (χ1) is 18.5. The lowest BCUT2D eigenvalue weighted by molar-refractivity contribution is -0.183. The number of aromatic hydroxyl groups is 2. The second kappa shape index (κ2) is 12.5. The molecule has 1 heterocycles. The van der Waals surface area contributed by atoms with Crippen LogP contribution in [0.5, 0.6) is 23.3 Å². The van der Waals surface area contributed by atoms with Gasteiger partial charge >= 0.3 is 24.1 Å². The summed E-state index contributed by atoms with van der Waals surface area (Å²) < 4.78 is 20.7. The normalized spacial score (nSPS) is 11.5. The summed E-state index contributed by atoms with van der Waals surface area (Å²) in [4.78, 5) is 54.6. The van der Waals surface area contributed by atoms with Gasteiger partial charge in [0.15, 0.2) is 0 Å². The van der Waals surface area contributed by atoms with Crippen LogP contribution in [0.4, 0.5) is 4.79 Å². The molecule has 0 bridgehead atoms. The molecule has 206 valence electrons. The van der Waals surface area contributed by atoms with Crippen molar-refractivity contribution in [1.29, 1.82) is 0 Å². The third-order valence-corrected chi connectivity index (χ3v) is 5.03. The Hall–Kier alpha value is -5.00. The molecule has 0 saturated heterocycles. The lowest BCUT2D eigenvalue weighted by Crippen LogP contribution is -2.33. The third kappa shape index (κ3) is 7.06. The van der Waals surface area contributed by atoms with Gasteiger partial charge in [-0.1, -0.05) is 68.8 Å². The van der Waals surface area contributed by atoms with E-state index < -0.39 is 65.4 Å². The van der Waals surface area contributed by atoms with E-state index in [9.17, 15) is 29.4 Å². The van der Waals surface area contributed by atoms with Crippen LogP contribution >= 0.6 is 0 Å². The van der Waals surface area contributed by atoms with Crippen molar-refractivity contribution in [3.8, 4) is 23.3 Å². The molecule has 0 aliphatic heterocycles. The highest BCUT2D eigenvalue weighted by atomic mass is 16.9. The van der Waals surface area contributed by atoms with Crippen molar-refractivity contribution in [2.75, 3.05) is 0 Å². The number of hydrogen-bond acceptors (Lipinski definition) is 11. The lowest BCUT2D eigenvalue weighted by Gasteiger charge is -2.21. The zero-order valence-corrected chi connectivity index (χ0v) is 21.5. The summed E-state index contributed by atoms with van der Waals surface area (Å²) >= 11 is 0. The van der Waals surface area contributed by atoms with Crippen LogP contribution in [-0.4, -0.2) is 45.3 Å². The van der Waals surface area contributed by atoms with Crippen molar-refractivity contribution in [3.05, 3.63) is 71.8 Å². The molecule has 1 atom stereocenters. The molecule has 0 saturated carbocycles. The number of hydrogen-bond donors (Lipinski definition) is 2. The maximum absolute atomic E-state index is 12.6. The molecule has 3 aromatic rings. The fourth-order valence-electron chi connectivity index (χ4n) is 2.95. The van der Waals surface area contributed by atoms with Crippen molar-refractivity contribution in [3.63, 3.8) is 0 Å². The Bertz CT molecular complexity index is 1250. The van der Waals surface area contributed by atoms with Gasteiger partial charge in [0.1, 0.15) is 0 Å². The Morgan fingerprint density at radius 1 is 0.692 bits per heavy atom. The Balaban J connectivity index is 1.92. The van der Waals surface area contributed by atoms with E-state index in [1.165, 1.54) is 24.3 Å². The molecule has 0 fully saturated rings. The largest absolute Gasteiger partial charge is 0.537 e. The summed E-state index contributed by atoms with van der Waals surface area (Å²) in [5, 5.41) is 21.4. The molecule has 0 amide bonds. The number of aromatic nitrogens is 1. The molecule has 0 radical (unpaired) electrons. The first-order valence-electron chi connectivity index (χ1n) is 11.8. The van der Waals surface area contributed by atoms with Gasteiger partial charge in [-0.15, -0.1) is 0 Å². The molecule has 12 heteroatoms. The number of carbonyl (C=O) groups is 4. The van der Waals surface area contributed by atoms with Crippen molar-refractivity contribution in [1.82, 2.24) is 4.73 Å². The van der Waals surface area contributed by atoms with E-state index in [1.807, 2.05) is 0 Å². The van der Waals surface area contributed by atoms with Gasteiger partial charge in [0.25, 0.3) is 18.1 Å². The average Bonchev–Trinajstić information content (AvgIpc) is 3.12. The highest BCUT2D eigenvalue weighted by Crippen LogP contribution is 2.47. The summed E-state index contributed by atoms with van der Waals surface area (Å²) in [6.45, 7) is 6.39. The van der Waals surface area contributed by atoms with E-state index in [-0.39, 0.29) is 15.9 Å². The average molecular weight is 542 g/mol. The number of ether oxygens (including phenoxy) is 4. The van der Waals surface area contributed by atoms with Gasteiger partial charge in [-0.2, -0.15) is 0 Å². The first kappa shape index (κ1) is 28.6. The molecule has 3 rings (SSSR count). The lowest BCUT2D eigenvalue weighted by atomic mass is 10.2. The molecule has 0 aliphatic rings. The van der Waals surface area contributed by atoms with Crippen molar-refractivity contribution < 1.29 is 53.2 Å². The van der Waals surface area contributed by atoms with E-state index in [4.69, 9.17) is 23.8 Å². The second-order valence-corrected chi connectivity index (χ2v) is 8.77. The van der Waals surface area contributed by atoms with Gasteiger partial charge in [0, 0.05) is 5.92 Å². The van der Waals surface area contributed by atoms with Gasteiger partial charge in [0.05, 0.1) is 17.0 Å². The molecular weight excluding hydrogens is 514 g/mol. The van der Waals surface area contributed by atoms with Crippen molar-refractivity contribution >= 4 is 24.1 Å². The van der Waals surface area contributed by atoms with Crippen LogP contribution < -0.4 is 14.3 Å². The van der Waals surface area contributed by atoms with Crippen molar-refractivity contribution in [2.45, 2.75) is 34.0 Å². The van der Waals surface area contributed by atoms with Gasteiger partial charge in [-0.25, -0.2) is 14.4 Å². The molecule has 39 heavy (non-hydrogen) atoms. The minimum atomic E-state index is -1.51. The summed E-state index contributed by atoms with van der Waals surface area (Å²) in [5.41, 5.74) is 0.132. The molecule has 2 N–H and O–H groups in total. The molecular formula is C27H27NO11. The number of carbonyl (C=O) groups excluding carboxylic acids is 4. The highest BCUT2D eigenvalue weighted by Gasteiger charge is 2.34. The monoisotopic (exact) mass is 541 g/mol. The van der Waals surface area contributed by atoms with Crippen LogP contribution in [0, 0.1) is 11.8 Å². The maximum Gasteiger partial charge on any atom is 0.537 e. The van der Waals surface area contributed by atoms with Crippen LogP contribution in [0.25, 0.3) is 0 Å². The van der Waals surface area contributed by atoms with Crippen LogP contribution in [0.3, 0.4) is 0 Å². The van der Waals surface area contributed by atoms with E-state index in [0.29, 0.717) is 0 Å². The van der Waals surface area contributed by atoms with Gasteiger partial charge in [0.2, 0.25) is 11.5 Å². The fourth-order valence-corrected chi connectivity index (χ4v) is 2.95. The van der Waals surface area contributed by atoms with E-state index in [2.05, 4.69) is 0 Å². The topological polar surface area (TPSA) is 160 Å². The van der Waals surface area contributed by atoms with E-state index in [0.717, 1.165) is 0 Å². The number of benzene rings is 2. The number of rotatable bonds is 9. The minimum absolute atomic E-state index is 0.0662. The molecule has 0 aliphatic carbocycles. The Labute approximate surface area is 223 Å². The Morgan fingerprint density at radius 3 is 1.51 bits per heavy atom. The first-order valence-corrected chi connectivity index (χ1v) is 11.8. The zero-order valence-electron chi connectivity index (χ0n) is 21.5. The molecule has 0 spiro atoms. The van der Waals surface area contributed by atoms with Crippen LogP contribution in [-0.2, 0) is 14.3 Å². The summed E-state index contributed by atoms with van der Waals surface area (Å²) in [6, 6.07) is 15.2. The smallest absolute Gasteiger partial charge is 0.490 e. The Morgan fingerprint density at radius 2 is 1.13 bits per heavy atom. The van der Waals surface area contributed by atoms with Gasteiger partial charge in [-0.05, 0) is 24.3 Å². The van der Waals surface area contributed by atoms with Crippen LogP contribution in [0.2, 0.25) is 0 Å². The highest BCUT2D eigenvalue weighted by molar-refractivity contribution is 5.94. The predicted molar refractivity (Wildman–Crippen MR) is 133 cm³/mol. The summed E-state index contributed by atoms with van der Waals surface area (Å²) in [7, 11) is 0. The maximum atomic E-state index is 12.6.